The lowest BCUT2D eigenvalue weighted by molar-refractivity contribution is -0.143. The second kappa shape index (κ2) is 10.2. The van der Waals surface area contributed by atoms with Crippen molar-refractivity contribution >= 4 is 29.0 Å². The van der Waals surface area contributed by atoms with Gasteiger partial charge < -0.3 is 13.7 Å². The van der Waals surface area contributed by atoms with Crippen molar-refractivity contribution in [1.29, 1.82) is 5.26 Å². The second-order valence-electron chi connectivity index (χ2n) is 8.12. The molecule has 0 atom stereocenters. The fourth-order valence-electron chi connectivity index (χ4n) is 4.27. The van der Waals surface area contributed by atoms with Crippen LogP contribution in [0.4, 0.5) is 5.88 Å². The molecule has 0 saturated heterocycles. The standard InChI is InChI=1S/C30H23N3O3/c1-2-35-27(34)20-33-19-23(24-15-9-10-16-26(24)33)18-32-30-25(17-31)28(21-11-5-3-6-12-21)29(36-30)22-13-7-4-8-14-22/h3-16,18-19H,2,20H2,1H3/b32-18+. The minimum Gasteiger partial charge on any atom is -0.465 e. The predicted molar refractivity (Wildman–Crippen MR) is 140 cm³/mol. The van der Waals surface area contributed by atoms with Crippen molar-refractivity contribution < 1.29 is 13.9 Å². The molecule has 2 aromatic heterocycles. The Morgan fingerprint density at radius 2 is 1.67 bits per heavy atom. The number of nitriles is 1. The summed E-state index contributed by atoms with van der Waals surface area (Å²) in [5.74, 6) is 0.521. The fourth-order valence-corrected chi connectivity index (χ4v) is 4.27. The van der Waals surface area contributed by atoms with Gasteiger partial charge in [0.25, 0.3) is 0 Å². The van der Waals surface area contributed by atoms with Gasteiger partial charge in [-0.2, -0.15) is 5.26 Å². The largest absolute Gasteiger partial charge is 0.465 e. The number of ether oxygens (including phenoxy) is 1. The van der Waals surface area contributed by atoms with Crippen molar-refractivity contribution in [3.8, 4) is 28.5 Å². The molecule has 0 aliphatic heterocycles. The minimum atomic E-state index is -0.306. The number of benzene rings is 3. The van der Waals surface area contributed by atoms with Crippen LogP contribution in [0.15, 0.2) is 101 Å². The Morgan fingerprint density at radius 3 is 2.36 bits per heavy atom. The van der Waals surface area contributed by atoms with E-state index in [2.05, 4.69) is 11.1 Å². The molecule has 176 valence electrons. The summed E-state index contributed by atoms with van der Waals surface area (Å²) >= 11 is 0. The maximum atomic E-state index is 12.1. The number of furan rings is 1. The van der Waals surface area contributed by atoms with Gasteiger partial charge in [0.05, 0.1) is 6.61 Å². The third-order valence-electron chi connectivity index (χ3n) is 5.84. The van der Waals surface area contributed by atoms with E-state index in [9.17, 15) is 10.1 Å². The van der Waals surface area contributed by atoms with Gasteiger partial charge in [-0.3, -0.25) is 4.79 Å². The highest BCUT2D eigenvalue weighted by molar-refractivity contribution is 6.01. The summed E-state index contributed by atoms with van der Waals surface area (Å²) in [4.78, 5) is 16.7. The van der Waals surface area contributed by atoms with Gasteiger partial charge in [0.1, 0.15) is 23.9 Å². The summed E-state index contributed by atoms with van der Waals surface area (Å²) in [5, 5.41) is 11.0. The van der Waals surface area contributed by atoms with E-state index in [1.54, 1.807) is 13.1 Å². The van der Waals surface area contributed by atoms with Gasteiger partial charge >= 0.3 is 5.97 Å². The molecule has 36 heavy (non-hydrogen) atoms. The minimum absolute atomic E-state index is 0.0999. The highest BCUT2D eigenvalue weighted by Crippen LogP contribution is 2.42. The van der Waals surface area contributed by atoms with Crippen LogP contribution in [0.2, 0.25) is 0 Å². The highest BCUT2D eigenvalue weighted by Gasteiger charge is 2.22. The average Bonchev–Trinajstić information content (AvgIpc) is 3.46. The van der Waals surface area contributed by atoms with Crippen LogP contribution in [0.1, 0.15) is 18.1 Å². The van der Waals surface area contributed by atoms with Crippen LogP contribution >= 0.6 is 0 Å². The summed E-state index contributed by atoms with van der Waals surface area (Å²) < 4.78 is 13.2. The topological polar surface area (TPSA) is 80.5 Å². The van der Waals surface area contributed by atoms with Crippen LogP contribution in [-0.2, 0) is 16.1 Å². The molecular formula is C30H23N3O3. The predicted octanol–water partition coefficient (Wildman–Crippen LogP) is 6.75. The molecule has 6 nitrogen and oxygen atoms in total. The number of para-hydroxylation sites is 1. The van der Waals surface area contributed by atoms with E-state index in [-0.39, 0.29) is 18.4 Å². The molecule has 6 heteroatoms. The van der Waals surface area contributed by atoms with Gasteiger partial charge in [-0.15, -0.1) is 0 Å². The summed E-state index contributed by atoms with van der Waals surface area (Å²) in [5.41, 5.74) is 4.51. The number of esters is 1. The van der Waals surface area contributed by atoms with Crippen LogP contribution in [0.3, 0.4) is 0 Å². The molecule has 0 amide bonds. The summed E-state index contributed by atoms with van der Waals surface area (Å²) in [7, 11) is 0. The Labute approximate surface area is 208 Å². The number of fused-ring (bicyclic) bond motifs is 1. The number of aliphatic imine (C=N–C) groups is 1. The van der Waals surface area contributed by atoms with Gasteiger partial charge in [-0.25, -0.2) is 4.99 Å². The average molecular weight is 474 g/mol. The summed E-state index contributed by atoms with van der Waals surface area (Å²) in [6.07, 6.45) is 3.53. The molecule has 0 aliphatic rings. The van der Waals surface area contributed by atoms with Crippen molar-refractivity contribution in [2.75, 3.05) is 6.61 Å². The van der Waals surface area contributed by atoms with Crippen LogP contribution in [0.5, 0.6) is 0 Å². The van der Waals surface area contributed by atoms with Crippen molar-refractivity contribution in [1.82, 2.24) is 4.57 Å². The number of hydrogen-bond acceptors (Lipinski definition) is 5. The van der Waals surface area contributed by atoms with E-state index in [0.717, 1.165) is 27.6 Å². The molecule has 0 aliphatic carbocycles. The zero-order valence-corrected chi connectivity index (χ0v) is 19.7. The first-order valence-corrected chi connectivity index (χ1v) is 11.6. The van der Waals surface area contributed by atoms with Crippen molar-refractivity contribution in [3.63, 3.8) is 0 Å². The highest BCUT2D eigenvalue weighted by atomic mass is 16.5. The first-order valence-electron chi connectivity index (χ1n) is 11.6. The zero-order chi connectivity index (χ0) is 24.9. The number of nitrogens with zero attached hydrogens (tertiary/aromatic N) is 3. The van der Waals surface area contributed by atoms with Gasteiger partial charge in [0.15, 0.2) is 0 Å². The van der Waals surface area contributed by atoms with E-state index in [0.29, 0.717) is 23.5 Å². The first-order chi connectivity index (χ1) is 17.7. The third kappa shape index (κ3) is 4.42. The second-order valence-corrected chi connectivity index (χ2v) is 8.12. The van der Waals surface area contributed by atoms with Gasteiger partial charge in [0.2, 0.25) is 5.88 Å². The maximum Gasteiger partial charge on any atom is 0.325 e. The Balaban J connectivity index is 1.61. The quantitative estimate of drug-likeness (QED) is 0.193. The molecule has 0 spiro atoms. The fraction of sp³-hybridized carbons (Fsp3) is 0.100. The lowest BCUT2D eigenvalue weighted by atomic mass is 9.98. The Morgan fingerprint density at radius 1 is 1.00 bits per heavy atom. The van der Waals surface area contributed by atoms with E-state index >= 15 is 0 Å². The van der Waals surface area contributed by atoms with E-state index in [4.69, 9.17) is 9.15 Å². The number of aromatic nitrogens is 1. The number of carbonyl (C=O) groups excluding carboxylic acids is 1. The Kier molecular flexibility index (Phi) is 6.46. The lowest BCUT2D eigenvalue weighted by Crippen LogP contribution is -2.12. The molecule has 0 bridgehead atoms. The molecule has 0 saturated carbocycles. The number of carbonyl (C=O) groups is 1. The number of hydrogen-bond donors (Lipinski definition) is 0. The van der Waals surface area contributed by atoms with Crippen molar-refractivity contribution in [3.05, 3.63) is 102 Å². The molecule has 5 rings (SSSR count). The maximum absolute atomic E-state index is 12.1. The zero-order valence-electron chi connectivity index (χ0n) is 19.7. The summed E-state index contributed by atoms with van der Waals surface area (Å²) in [6.45, 7) is 2.21. The van der Waals surface area contributed by atoms with E-state index in [1.165, 1.54) is 0 Å². The van der Waals surface area contributed by atoms with Crippen LogP contribution < -0.4 is 0 Å². The molecule has 0 radical (unpaired) electrons. The van der Waals surface area contributed by atoms with Crippen molar-refractivity contribution in [2.45, 2.75) is 13.5 Å². The SMILES string of the molecule is CCOC(=O)Cn1cc(/C=N/c2oc(-c3ccccc3)c(-c3ccccc3)c2C#N)c2ccccc21. The molecule has 5 aromatic rings. The van der Waals surface area contributed by atoms with Gasteiger partial charge in [-0.05, 0) is 18.6 Å². The summed E-state index contributed by atoms with van der Waals surface area (Å²) in [6, 6.07) is 29.5. The van der Waals surface area contributed by atoms with Crippen LogP contribution in [-0.4, -0.2) is 23.4 Å². The van der Waals surface area contributed by atoms with Gasteiger partial charge in [0, 0.05) is 40.0 Å². The van der Waals surface area contributed by atoms with E-state index in [1.807, 2.05) is 95.7 Å². The number of rotatable bonds is 7. The molecule has 3 aromatic carbocycles. The molecule has 0 N–H and O–H groups in total. The molecule has 2 heterocycles. The molecular weight excluding hydrogens is 450 g/mol. The Bertz CT molecular complexity index is 1590. The van der Waals surface area contributed by atoms with Crippen LogP contribution in [0.25, 0.3) is 33.4 Å². The smallest absolute Gasteiger partial charge is 0.325 e. The first kappa shape index (κ1) is 22.9. The molecule has 0 fully saturated rings. The van der Waals surface area contributed by atoms with Crippen molar-refractivity contribution in [2.24, 2.45) is 4.99 Å². The normalized spacial score (nSPS) is 11.1. The lowest BCUT2D eigenvalue weighted by Gasteiger charge is -2.04. The molecule has 0 unspecified atom stereocenters. The van der Waals surface area contributed by atoms with Gasteiger partial charge in [-0.1, -0.05) is 78.9 Å². The van der Waals surface area contributed by atoms with Crippen LogP contribution in [0, 0.1) is 11.3 Å². The third-order valence-corrected chi connectivity index (χ3v) is 5.84. The monoisotopic (exact) mass is 473 g/mol. The Hall–Kier alpha value is -4.89. The van der Waals surface area contributed by atoms with E-state index < -0.39 is 0 Å².